The fraction of sp³-hybridized carbons (Fsp3) is 0.200. The molecule has 2 rings (SSSR count). The van der Waals surface area contributed by atoms with E-state index in [1.165, 1.54) is 11.3 Å². The molecule has 0 aliphatic heterocycles. The molecule has 0 spiro atoms. The second-order valence-corrected chi connectivity index (χ2v) is 5.20. The zero-order chi connectivity index (χ0) is 12.4. The second-order valence-electron chi connectivity index (χ2n) is 3.40. The summed E-state index contributed by atoms with van der Waals surface area (Å²) < 4.78 is 1.78. The monoisotopic (exact) mass is 272 g/mol. The Morgan fingerprint density at radius 3 is 2.76 bits per heavy atom. The minimum atomic E-state index is -0.613. The molecule has 0 radical (unpaired) electrons. The number of aromatic amines is 1. The molecule has 0 aliphatic rings. The lowest BCUT2D eigenvalue weighted by atomic mass is 10.3. The van der Waals surface area contributed by atoms with Crippen molar-refractivity contribution in [3.63, 3.8) is 0 Å². The maximum absolute atomic E-state index is 11.4. The van der Waals surface area contributed by atoms with Gasteiger partial charge in [0.25, 0.3) is 5.56 Å². The number of rotatable bonds is 3. The first kappa shape index (κ1) is 11.9. The molecule has 2 N–H and O–H groups in total. The highest BCUT2D eigenvalue weighted by Crippen LogP contribution is 2.22. The maximum Gasteiger partial charge on any atom is 0.331 e. The molecule has 0 amide bonds. The van der Waals surface area contributed by atoms with Crippen molar-refractivity contribution < 1.29 is 5.11 Å². The molecule has 2 aromatic heterocycles. The average molecular weight is 273 g/mol. The maximum atomic E-state index is 11.4. The molecular formula is C10H9ClN2O3S. The van der Waals surface area contributed by atoms with E-state index in [1.54, 1.807) is 6.07 Å². The SMILES string of the molecule is O=c1cc(O)n(CCc2ccc(Cl)s2)c(=O)[nH]1. The number of H-pyrrole nitrogens is 1. The van der Waals surface area contributed by atoms with Gasteiger partial charge in [0.15, 0.2) is 0 Å². The van der Waals surface area contributed by atoms with Crippen LogP contribution in [0.3, 0.4) is 0 Å². The Kier molecular flexibility index (Phi) is 3.35. The van der Waals surface area contributed by atoms with Gasteiger partial charge in [0.1, 0.15) is 0 Å². The van der Waals surface area contributed by atoms with Crippen molar-refractivity contribution in [3.05, 3.63) is 48.3 Å². The summed E-state index contributed by atoms with van der Waals surface area (Å²) in [6, 6.07) is 4.61. The number of thiophene rings is 1. The number of hydrogen-bond donors (Lipinski definition) is 2. The van der Waals surface area contributed by atoms with Gasteiger partial charge in [0.05, 0.1) is 10.4 Å². The molecular weight excluding hydrogens is 264 g/mol. The third-order valence-corrected chi connectivity index (χ3v) is 3.51. The lowest BCUT2D eigenvalue weighted by Crippen LogP contribution is -2.29. The molecule has 0 fully saturated rings. The number of aromatic nitrogens is 2. The van der Waals surface area contributed by atoms with E-state index in [0.717, 1.165) is 15.5 Å². The van der Waals surface area contributed by atoms with Gasteiger partial charge in [0, 0.05) is 17.8 Å². The van der Waals surface area contributed by atoms with Crippen LogP contribution in [0.5, 0.6) is 5.88 Å². The van der Waals surface area contributed by atoms with Gasteiger partial charge in [-0.05, 0) is 12.1 Å². The van der Waals surface area contributed by atoms with Gasteiger partial charge in [0.2, 0.25) is 5.88 Å². The summed E-state index contributed by atoms with van der Waals surface area (Å²) in [4.78, 5) is 25.4. The highest BCUT2D eigenvalue weighted by atomic mass is 35.5. The number of aryl methyl sites for hydroxylation is 1. The van der Waals surface area contributed by atoms with Gasteiger partial charge in [-0.1, -0.05) is 11.6 Å². The smallest absolute Gasteiger partial charge is 0.331 e. The fourth-order valence-corrected chi connectivity index (χ4v) is 2.51. The Balaban J connectivity index is 2.20. The second kappa shape index (κ2) is 4.77. The van der Waals surface area contributed by atoms with Crippen LogP contribution in [0.1, 0.15) is 4.88 Å². The molecule has 0 atom stereocenters. The van der Waals surface area contributed by atoms with Crippen molar-refractivity contribution in [1.29, 1.82) is 0 Å². The summed E-state index contributed by atoms with van der Waals surface area (Å²) in [7, 11) is 0. The molecule has 17 heavy (non-hydrogen) atoms. The summed E-state index contributed by atoms with van der Waals surface area (Å²) in [5, 5.41) is 9.48. The predicted octanol–water partition coefficient (Wildman–Crippen LogP) is 1.20. The Hall–Kier alpha value is -1.53. The number of aromatic hydroxyl groups is 1. The molecule has 0 unspecified atom stereocenters. The predicted molar refractivity (Wildman–Crippen MR) is 66.0 cm³/mol. The van der Waals surface area contributed by atoms with Crippen LogP contribution in [-0.2, 0) is 13.0 Å². The summed E-state index contributed by atoms with van der Waals surface area (Å²) in [6.07, 6.45) is 0.566. The highest BCUT2D eigenvalue weighted by Gasteiger charge is 2.05. The zero-order valence-electron chi connectivity index (χ0n) is 8.64. The minimum absolute atomic E-state index is 0.290. The Bertz CT molecular complexity index is 643. The van der Waals surface area contributed by atoms with Gasteiger partial charge in [-0.15, -0.1) is 11.3 Å². The fourth-order valence-electron chi connectivity index (χ4n) is 1.43. The number of halogens is 1. The Labute approximate surface area is 105 Å². The van der Waals surface area contributed by atoms with E-state index >= 15 is 0 Å². The Morgan fingerprint density at radius 1 is 1.41 bits per heavy atom. The third kappa shape index (κ3) is 2.78. The van der Waals surface area contributed by atoms with E-state index in [1.807, 2.05) is 6.07 Å². The molecule has 0 saturated heterocycles. The molecule has 90 valence electrons. The first-order valence-electron chi connectivity index (χ1n) is 4.83. The van der Waals surface area contributed by atoms with E-state index < -0.39 is 11.2 Å². The number of hydrogen-bond acceptors (Lipinski definition) is 4. The first-order valence-corrected chi connectivity index (χ1v) is 6.03. The molecule has 2 aromatic rings. The Morgan fingerprint density at radius 2 is 2.18 bits per heavy atom. The molecule has 0 aromatic carbocycles. The average Bonchev–Trinajstić information content (AvgIpc) is 2.62. The van der Waals surface area contributed by atoms with Crippen molar-refractivity contribution >= 4 is 22.9 Å². The topological polar surface area (TPSA) is 75.1 Å². The van der Waals surface area contributed by atoms with E-state index in [9.17, 15) is 14.7 Å². The summed E-state index contributed by atoms with van der Waals surface area (Å²) in [5.41, 5.74) is -1.22. The van der Waals surface area contributed by atoms with Gasteiger partial charge < -0.3 is 5.11 Å². The highest BCUT2D eigenvalue weighted by molar-refractivity contribution is 7.16. The van der Waals surface area contributed by atoms with Crippen LogP contribution in [0.15, 0.2) is 27.8 Å². The van der Waals surface area contributed by atoms with Crippen LogP contribution < -0.4 is 11.2 Å². The van der Waals surface area contributed by atoms with Crippen LogP contribution in [-0.4, -0.2) is 14.7 Å². The van der Waals surface area contributed by atoms with Gasteiger partial charge in [-0.3, -0.25) is 14.3 Å². The van der Waals surface area contributed by atoms with E-state index in [0.29, 0.717) is 10.8 Å². The first-order chi connectivity index (χ1) is 8.06. The number of nitrogens with zero attached hydrogens (tertiary/aromatic N) is 1. The quantitative estimate of drug-likeness (QED) is 0.882. The molecule has 7 heteroatoms. The minimum Gasteiger partial charge on any atom is -0.494 e. The standard InChI is InChI=1S/C10H9ClN2O3S/c11-7-2-1-6(17-7)3-4-13-9(15)5-8(14)12-10(13)16/h1-2,5,15H,3-4H2,(H,12,14,16). The van der Waals surface area contributed by atoms with Gasteiger partial charge >= 0.3 is 5.69 Å². The summed E-state index contributed by atoms with van der Waals surface area (Å²) in [6.45, 7) is 0.290. The zero-order valence-corrected chi connectivity index (χ0v) is 10.2. The lowest BCUT2D eigenvalue weighted by Gasteiger charge is -2.05. The summed E-state index contributed by atoms with van der Waals surface area (Å²) in [5.74, 6) is -0.332. The number of nitrogens with one attached hydrogen (secondary N) is 1. The van der Waals surface area contributed by atoms with Crippen LogP contribution in [0.25, 0.3) is 0 Å². The lowest BCUT2D eigenvalue weighted by molar-refractivity contribution is 0.401. The largest absolute Gasteiger partial charge is 0.494 e. The van der Waals surface area contributed by atoms with Gasteiger partial charge in [-0.2, -0.15) is 0 Å². The van der Waals surface area contributed by atoms with Crippen molar-refractivity contribution in [2.24, 2.45) is 0 Å². The van der Waals surface area contributed by atoms with Crippen LogP contribution in [0, 0.1) is 0 Å². The van der Waals surface area contributed by atoms with Gasteiger partial charge in [-0.25, -0.2) is 4.79 Å². The molecule has 0 saturated carbocycles. The normalized spacial score (nSPS) is 10.6. The van der Waals surface area contributed by atoms with Crippen LogP contribution >= 0.6 is 22.9 Å². The molecule has 5 nitrogen and oxygen atoms in total. The molecule has 0 bridgehead atoms. The van der Waals surface area contributed by atoms with Crippen LogP contribution in [0.4, 0.5) is 0 Å². The van der Waals surface area contributed by atoms with Crippen molar-refractivity contribution in [2.45, 2.75) is 13.0 Å². The van der Waals surface area contributed by atoms with Crippen molar-refractivity contribution in [1.82, 2.24) is 9.55 Å². The van der Waals surface area contributed by atoms with Crippen molar-refractivity contribution in [3.8, 4) is 5.88 Å². The summed E-state index contributed by atoms with van der Waals surface area (Å²) >= 11 is 7.20. The third-order valence-electron chi connectivity index (χ3n) is 2.22. The van der Waals surface area contributed by atoms with Crippen LogP contribution in [0.2, 0.25) is 4.34 Å². The van der Waals surface area contributed by atoms with Crippen molar-refractivity contribution in [2.75, 3.05) is 0 Å². The van der Waals surface area contributed by atoms with E-state index in [-0.39, 0.29) is 12.4 Å². The molecule has 2 heterocycles. The van der Waals surface area contributed by atoms with E-state index in [2.05, 4.69) is 4.98 Å². The van der Waals surface area contributed by atoms with E-state index in [4.69, 9.17) is 11.6 Å². The molecule has 0 aliphatic carbocycles.